The monoisotopic (exact) mass is 297 g/mol. The van der Waals surface area contributed by atoms with Gasteiger partial charge in [-0.3, -0.25) is 10.1 Å². The van der Waals surface area contributed by atoms with Crippen molar-refractivity contribution in [3.63, 3.8) is 0 Å². The first-order valence-electron chi connectivity index (χ1n) is 3.36. The summed E-state index contributed by atoms with van der Waals surface area (Å²) in [6, 6.07) is -6.38. The quantitative estimate of drug-likeness (QED) is 0.257. The molecule has 0 heterocycles. The lowest BCUT2D eigenvalue weighted by atomic mass is 10.5. The second-order valence-electron chi connectivity index (χ2n) is 2.43. The van der Waals surface area contributed by atoms with E-state index in [0.29, 0.717) is 0 Å². The van der Waals surface area contributed by atoms with Crippen LogP contribution in [0.1, 0.15) is 0 Å². The SMILES string of the molecule is O=[N+]([O-])C(F)(F)C(F)(F)OC(F)(F)OC(F)(F)F. The Bertz CT molecular complexity index is 325. The first-order chi connectivity index (χ1) is 7.61. The maximum atomic E-state index is 12.2. The fourth-order valence-electron chi connectivity index (χ4n) is 0.472. The maximum absolute atomic E-state index is 12.2. The molecular formula is C4F9NO4. The Morgan fingerprint density at radius 3 is 1.50 bits per heavy atom. The molecule has 5 nitrogen and oxygen atoms in total. The number of rotatable bonds is 5. The van der Waals surface area contributed by atoms with E-state index in [1.165, 1.54) is 0 Å². The Labute approximate surface area is 90.2 Å². The van der Waals surface area contributed by atoms with Crippen LogP contribution in [0.2, 0.25) is 0 Å². The molecule has 0 saturated heterocycles. The van der Waals surface area contributed by atoms with E-state index in [-0.39, 0.29) is 0 Å². The predicted octanol–water partition coefficient (Wildman–Crippen LogP) is 2.55. The van der Waals surface area contributed by atoms with Crippen LogP contribution >= 0.6 is 0 Å². The number of ether oxygens (including phenoxy) is 2. The lowest BCUT2D eigenvalue weighted by Crippen LogP contribution is -2.53. The average Bonchev–Trinajstić information content (AvgIpc) is 1.94. The zero-order valence-corrected chi connectivity index (χ0v) is 7.48. The van der Waals surface area contributed by atoms with Gasteiger partial charge >= 0.3 is 24.8 Å². The molecule has 0 bridgehead atoms. The molecule has 0 aromatic heterocycles. The molecule has 0 rings (SSSR count). The van der Waals surface area contributed by atoms with Crippen molar-refractivity contribution < 1.29 is 53.9 Å². The van der Waals surface area contributed by atoms with Crippen molar-refractivity contribution in [2.45, 2.75) is 24.8 Å². The molecule has 0 aliphatic rings. The van der Waals surface area contributed by atoms with Crippen molar-refractivity contribution in [1.29, 1.82) is 0 Å². The van der Waals surface area contributed by atoms with Crippen LogP contribution in [0.3, 0.4) is 0 Å². The predicted molar refractivity (Wildman–Crippen MR) is 30.1 cm³/mol. The van der Waals surface area contributed by atoms with Crippen LogP contribution in [-0.4, -0.2) is 29.7 Å². The van der Waals surface area contributed by atoms with E-state index in [4.69, 9.17) is 0 Å². The molecule has 0 saturated carbocycles. The summed E-state index contributed by atoms with van der Waals surface area (Å²) in [5.74, 6) is 0. The standard InChI is InChI=1S/C4F9NO4/c5-1(6,14(15)16)2(7,8)17-4(12,13)18-3(9,10)11. The van der Waals surface area contributed by atoms with E-state index >= 15 is 0 Å². The molecular weight excluding hydrogens is 297 g/mol. The average molecular weight is 297 g/mol. The first-order valence-corrected chi connectivity index (χ1v) is 3.36. The molecule has 0 N–H and O–H groups in total. The lowest BCUT2D eigenvalue weighted by Gasteiger charge is -2.23. The topological polar surface area (TPSA) is 61.6 Å². The largest absolute Gasteiger partial charge is 0.605 e. The smallest absolute Gasteiger partial charge is 0.259 e. The molecule has 108 valence electrons. The van der Waals surface area contributed by atoms with Gasteiger partial charge in [0.2, 0.25) is 0 Å². The summed E-state index contributed by atoms with van der Waals surface area (Å²) in [7, 11) is 0. The van der Waals surface area contributed by atoms with Crippen LogP contribution in [-0.2, 0) is 9.47 Å². The molecule has 0 radical (unpaired) electrons. The number of halogens is 9. The minimum atomic E-state index is -6.54. The summed E-state index contributed by atoms with van der Waals surface area (Å²) >= 11 is 0. The molecule has 0 fully saturated rings. The van der Waals surface area contributed by atoms with E-state index in [1.54, 1.807) is 9.47 Å². The van der Waals surface area contributed by atoms with Gasteiger partial charge in [0, 0.05) is 0 Å². The number of hydrogen-bond donors (Lipinski definition) is 0. The van der Waals surface area contributed by atoms with Gasteiger partial charge in [-0.2, -0.15) is 13.5 Å². The first kappa shape index (κ1) is 16.7. The Hall–Kier alpha value is -1.31. The molecule has 0 amide bonds. The van der Waals surface area contributed by atoms with Gasteiger partial charge in [0.15, 0.2) is 0 Å². The Morgan fingerprint density at radius 2 is 1.22 bits per heavy atom. The lowest BCUT2D eigenvalue weighted by molar-refractivity contribution is -0.709. The molecule has 0 unspecified atom stereocenters. The molecule has 0 aliphatic heterocycles. The Kier molecular flexibility index (Phi) is 4.09. The highest BCUT2D eigenvalue weighted by Crippen LogP contribution is 2.41. The summed E-state index contributed by atoms with van der Waals surface area (Å²) in [4.78, 5) is 6.41. The molecule has 0 spiro atoms. The number of nitrogens with zero attached hydrogens (tertiary/aromatic N) is 1. The number of hydrogen-bond acceptors (Lipinski definition) is 4. The summed E-state index contributed by atoms with van der Waals surface area (Å²) in [6.07, 6.45) is -19.0. The van der Waals surface area contributed by atoms with Crippen molar-refractivity contribution in [2.75, 3.05) is 0 Å². The minimum Gasteiger partial charge on any atom is -0.259 e. The Morgan fingerprint density at radius 1 is 0.833 bits per heavy atom. The van der Waals surface area contributed by atoms with Crippen molar-refractivity contribution in [2.24, 2.45) is 0 Å². The van der Waals surface area contributed by atoms with Crippen molar-refractivity contribution in [3.8, 4) is 0 Å². The van der Waals surface area contributed by atoms with Crippen molar-refractivity contribution in [1.82, 2.24) is 0 Å². The van der Waals surface area contributed by atoms with E-state index in [0.717, 1.165) is 0 Å². The van der Waals surface area contributed by atoms with Crippen LogP contribution in [0.5, 0.6) is 0 Å². The van der Waals surface area contributed by atoms with E-state index in [9.17, 15) is 49.6 Å². The van der Waals surface area contributed by atoms with Gasteiger partial charge in [-0.1, -0.05) is 0 Å². The third kappa shape index (κ3) is 4.17. The van der Waals surface area contributed by atoms with E-state index in [1.807, 2.05) is 0 Å². The number of nitro groups is 1. The van der Waals surface area contributed by atoms with Crippen LogP contribution in [0.25, 0.3) is 0 Å². The van der Waals surface area contributed by atoms with Gasteiger partial charge in [-0.15, -0.1) is 30.7 Å². The molecule has 0 atom stereocenters. The normalized spacial score (nSPS) is 14.7. The summed E-state index contributed by atoms with van der Waals surface area (Å²) in [5.41, 5.74) is 0. The van der Waals surface area contributed by atoms with Gasteiger partial charge in [0.25, 0.3) is 0 Å². The van der Waals surface area contributed by atoms with E-state index < -0.39 is 29.7 Å². The van der Waals surface area contributed by atoms with Gasteiger partial charge in [-0.05, 0) is 0 Å². The van der Waals surface area contributed by atoms with Crippen LogP contribution in [0.4, 0.5) is 39.5 Å². The van der Waals surface area contributed by atoms with Gasteiger partial charge in [0.05, 0.1) is 0 Å². The van der Waals surface area contributed by atoms with Crippen LogP contribution in [0, 0.1) is 10.1 Å². The Balaban J connectivity index is 5.03. The zero-order valence-electron chi connectivity index (χ0n) is 7.48. The molecule has 18 heavy (non-hydrogen) atoms. The highest BCUT2D eigenvalue weighted by molar-refractivity contribution is 4.66. The van der Waals surface area contributed by atoms with E-state index in [2.05, 4.69) is 0 Å². The maximum Gasteiger partial charge on any atom is 0.605 e. The third-order valence-electron chi connectivity index (χ3n) is 1.06. The fourth-order valence-corrected chi connectivity index (χ4v) is 0.472. The highest BCUT2D eigenvalue weighted by Gasteiger charge is 2.74. The second kappa shape index (κ2) is 4.42. The van der Waals surface area contributed by atoms with Crippen molar-refractivity contribution >= 4 is 0 Å². The minimum absolute atomic E-state index is 1.64. The molecule has 14 heteroatoms. The molecule has 0 aromatic carbocycles. The summed E-state index contributed by atoms with van der Waals surface area (Å²) in [6.45, 7) is 0. The fraction of sp³-hybridized carbons (Fsp3) is 1.00. The summed E-state index contributed by atoms with van der Waals surface area (Å²) < 4.78 is 110. The van der Waals surface area contributed by atoms with Gasteiger partial charge < -0.3 is 0 Å². The summed E-state index contributed by atoms with van der Waals surface area (Å²) in [5, 5.41) is 9.43. The van der Waals surface area contributed by atoms with Gasteiger partial charge in [-0.25, -0.2) is 4.74 Å². The van der Waals surface area contributed by atoms with Gasteiger partial charge in [0.1, 0.15) is 4.92 Å². The second-order valence-corrected chi connectivity index (χ2v) is 2.43. The number of alkyl halides is 9. The third-order valence-corrected chi connectivity index (χ3v) is 1.06. The zero-order chi connectivity index (χ0) is 15.0. The molecule has 0 aliphatic carbocycles. The van der Waals surface area contributed by atoms with Crippen LogP contribution in [0.15, 0.2) is 0 Å². The van der Waals surface area contributed by atoms with Crippen molar-refractivity contribution in [3.05, 3.63) is 10.1 Å². The van der Waals surface area contributed by atoms with Crippen LogP contribution < -0.4 is 0 Å². The molecule has 0 aromatic rings. The highest BCUT2D eigenvalue weighted by atomic mass is 19.4.